The number of aryl methyl sites for hydroxylation is 1. The Morgan fingerprint density at radius 2 is 2.04 bits per heavy atom. The van der Waals surface area contributed by atoms with Crippen LogP contribution < -0.4 is 10.1 Å². The van der Waals surface area contributed by atoms with E-state index >= 15 is 0 Å². The Morgan fingerprint density at radius 3 is 2.80 bits per heavy atom. The largest absolute Gasteiger partial charge is 0.485 e. The fraction of sp³-hybridized carbons (Fsp3) is 0.600. The minimum Gasteiger partial charge on any atom is -0.485 e. The molecule has 1 aromatic carbocycles. The lowest BCUT2D eigenvalue weighted by Gasteiger charge is -2.25. The third-order valence-electron chi connectivity index (χ3n) is 4.95. The number of para-hydroxylation sites is 1. The number of hydrogen-bond acceptors (Lipinski definition) is 5. The van der Waals surface area contributed by atoms with Crippen LogP contribution in [0.4, 0.5) is 0 Å². The summed E-state index contributed by atoms with van der Waals surface area (Å²) in [6.45, 7) is 5.21. The van der Waals surface area contributed by atoms with E-state index in [0.717, 1.165) is 18.2 Å². The molecule has 1 unspecified atom stereocenters. The molecular formula is C20H29N3O2. The number of nitrogens with one attached hydrogen (secondary N) is 1. The molecule has 0 amide bonds. The molecule has 0 bridgehead atoms. The van der Waals surface area contributed by atoms with Crippen molar-refractivity contribution >= 4 is 0 Å². The van der Waals surface area contributed by atoms with Gasteiger partial charge in [-0.2, -0.15) is 4.98 Å². The van der Waals surface area contributed by atoms with E-state index in [9.17, 15) is 0 Å². The molecule has 25 heavy (non-hydrogen) atoms. The van der Waals surface area contributed by atoms with Crippen LogP contribution in [0.25, 0.3) is 0 Å². The first-order valence-corrected chi connectivity index (χ1v) is 9.44. The second-order valence-corrected chi connectivity index (χ2v) is 7.15. The number of benzene rings is 1. The lowest BCUT2D eigenvalue weighted by atomic mass is 9.85. The van der Waals surface area contributed by atoms with Crippen LogP contribution in [0.3, 0.4) is 0 Å². The second-order valence-electron chi connectivity index (χ2n) is 7.15. The zero-order valence-corrected chi connectivity index (χ0v) is 15.3. The van der Waals surface area contributed by atoms with Crippen LogP contribution in [0.5, 0.6) is 5.75 Å². The van der Waals surface area contributed by atoms with E-state index in [4.69, 9.17) is 9.26 Å². The van der Waals surface area contributed by atoms with E-state index in [2.05, 4.69) is 28.4 Å². The zero-order chi connectivity index (χ0) is 17.5. The van der Waals surface area contributed by atoms with Gasteiger partial charge in [-0.1, -0.05) is 55.5 Å². The van der Waals surface area contributed by atoms with Gasteiger partial charge in [0.15, 0.2) is 6.61 Å². The maximum atomic E-state index is 5.89. The van der Waals surface area contributed by atoms with Crippen LogP contribution in [0.15, 0.2) is 28.8 Å². The highest BCUT2D eigenvalue weighted by atomic mass is 16.5. The molecule has 0 radical (unpaired) electrons. The molecule has 1 aliphatic rings. The number of rotatable bonds is 8. The number of ether oxygens (including phenoxy) is 1. The minimum absolute atomic E-state index is 0.325. The maximum absolute atomic E-state index is 5.89. The Labute approximate surface area is 150 Å². The zero-order valence-electron chi connectivity index (χ0n) is 15.3. The van der Waals surface area contributed by atoms with Gasteiger partial charge in [-0.25, -0.2) is 0 Å². The molecule has 2 aromatic rings. The molecule has 3 rings (SSSR count). The van der Waals surface area contributed by atoms with Gasteiger partial charge in [0.1, 0.15) is 5.75 Å². The van der Waals surface area contributed by atoms with Crippen molar-refractivity contribution in [1.82, 2.24) is 15.5 Å². The molecule has 1 fully saturated rings. The van der Waals surface area contributed by atoms with Gasteiger partial charge >= 0.3 is 0 Å². The van der Waals surface area contributed by atoms with Gasteiger partial charge in [0.25, 0.3) is 0 Å². The molecule has 1 heterocycles. The van der Waals surface area contributed by atoms with E-state index in [1.54, 1.807) is 6.92 Å². The lowest BCUT2D eigenvalue weighted by molar-refractivity contribution is 0.280. The van der Waals surface area contributed by atoms with Crippen molar-refractivity contribution in [1.29, 1.82) is 0 Å². The smallest absolute Gasteiger partial charge is 0.223 e. The van der Waals surface area contributed by atoms with E-state index in [1.807, 2.05) is 18.2 Å². The molecule has 1 aliphatic carbocycles. The topological polar surface area (TPSA) is 60.2 Å². The van der Waals surface area contributed by atoms with Gasteiger partial charge in [0.05, 0.1) is 0 Å². The van der Waals surface area contributed by atoms with Crippen molar-refractivity contribution in [2.24, 2.45) is 5.92 Å². The standard InChI is InChI=1S/C20H29N3O2/c1-15(12-17-8-4-3-5-9-17)21-13-18-10-6-7-11-19(18)24-14-20-22-16(2)25-23-20/h6-7,10-11,15,17,21H,3-5,8-9,12-14H2,1-2H3. The molecule has 1 atom stereocenters. The molecule has 0 saturated heterocycles. The summed E-state index contributed by atoms with van der Waals surface area (Å²) in [6, 6.07) is 8.67. The lowest BCUT2D eigenvalue weighted by Crippen LogP contribution is -2.28. The molecular weight excluding hydrogens is 314 g/mol. The average molecular weight is 343 g/mol. The third-order valence-corrected chi connectivity index (χ3v) is 4.95. The van der Waals surface area contributed by atoms with E-state index in [0.29, 0.717) is 24.4 Å². The Kier molecular flexibility index (Phi) is 6.45. The summed E-state index contributed by atoms with van der Waals surface area (Å²) in [5.74, 6) is 2.91. The highest BCUT2D eigenvalue weighted by molar-refractivity contribution is 5.33. The van der Waals surface area contributed by atoms with Crippen LogP contribution in [0, 0.1) is 12.8 Å². The summed E-state index contributed by atoms with van der Waals surface area (Å²) in [7, 11) is 0. The second kappa shape index (κ2) is 8.99. The van der Waals surface area contributed by atoms with E-state index in [-0.39, 0.29) is 0 Å². The average Bonchev–Trinajstić information content (AvgIpc) is 3.05. The quantitative estimate of drug-likeness (QED) is 0.769. The molecule has 0 spiro atoms. The van der Waals surface area contributed by atoms with Crippen molar-refractivity contribution in [3.63, 3.8) is 0 Å². The van der Waals surface area contributed by atoms with Crippen LogP contribution in [0.2, 0.25) is 0 Å². The predicted molar refractivity (Wildman–Crippen MR) is 97.3 cm³/mol. The molecule has 1 N–H and O–H groups in total. The van der Waals surface area contributed by atoms with Crippen LogP contribution in [-0.2, 0) is 13.2 Å². The van der Waals surface area contributed by atoms with Gasteiger partial charge in [-0.3, -0.25) is 0 Å². The van der Waals surface area contributed by atoms with Gasteiger partial charge in [-0.15, -0.1) is 0 Å². The first-order chi connectivity index (χ1) is 12.2. The Balaban J connectivity index is 1.49. The highest BCUT2D eigenvalue weighted by Crippen LogP contribution is 2.27. The third kappa shape index (κ3) is 5.56. The minimum atomic E-state index is 0.325. The fourth-order valence-electron chi connectivity index (χ4n) is 3.62. The number of aromatic nitrogens is 2. The molecule has 1 saturated carbocycles. The molecule has 5 heteroatoms. The Bertz CT molecular complexity index is 650. The van der Waals surface area contributed by atoms with Gasteiger partial charge < -0.3 is 14.6 Å². The molecule has 0 aliphatic heterocycles. The van der Waals surface area contributed by atoms with E-state index < -0.39 is 0 Å². The first-order valence-electron chi connectivity index (χ1n) is 9.44. The number of hydrogen-bond donors (Lipinski definition) is 1. The SMILES string of the molecule is Cc1nc(COc2ccccc2CNC(C)CC2CCCCC2)no1. The van der Waals surface area contributed by atoms with Crippen molar-refractivity contribution in [3.05, 3.63) is 41.5 Å². The van der Waals surface area contributed by atoms with Gasteiger partial charge in [0, 0.05) is 25.1 Å². The normalized spacial score (nSPS) is 16.7. The highest BCUT2D eigenvalue weighted by Gasteiger charge is 2.16. The molecule has 136 valence electrons. The van der Waals surface area contributed by atoms with Crippen LogP contribution >= 0.6 is 0 Å². The monoisotopic (exact) mass is 343 g/mol. The summed E-state index contributed by atoms with van der Waals surface area (Å²) < 4.78 is 10.9. The van der Waals surface area contributed by atoms with Crippen molar-refractivity contribution in [2.75, 3.05) is 0 Å². The van der Waals surface area contributed by atoms with Gasteiger partial charge in [0.2, 0.25) is 11.7 Å². The Morgan fingerprint density at radius 1 is 1.24 bits per heavy atom. The Hall–Kier alpha value is -1.88. The summed E-state index contributed by atoms with van der Waals surface area (Å²) in [6.07, 6.45) is 8.30. The molecule has 1 aromatic heterocycles. The maximum Gasteiger partial charge on any atom is 0.223 e. The fourth-order valence-corrected chi connectivity index (χ4v) is 3.62. The van der Waals surface area contributed by atoms with E-state index in [1.165, 1.54) is 44.1 Å². The molecule has 5 nitrogen and oxygen atoms in total. The summed E-state index contributed by atoms with van der Waals surface area (Å²) in [5, 5.41) is 7.53. The van der Waals surface area contributed by atoms with Gasteiger partial charge in [-0.05, 0) is 25.3 Å². The summed E-state index contributed by atoms with van der Waals surface area (Å²) >= 11 is 0. The number of nitrogens with zero attached hydrogens (tertiary/aromatic N) is 2. The first kappa shape index (κ1) is 17.9. The van der Waals surface area contributed by atoms with Crippen molar-refractivity contribution in [2.45, 2.75) is 71.6 Å². The van der Waals surface area contributed by atoms with Crippen LogP contribution in [0.1, 0.15) is 62.7 Å². The summed E-state index contributed by atoms with van der Waals surface area (Å²) in [5.41, 5.74) is 1.17. The van der Waals surface area contributed by atoms with Crippen LogP contribution in [-0.4, -0.2) is 16.2 Å². The summed E-state index contributed by atoms with van der Waals surface area (Å²) in [4.78, 5) is 4.18. The predicted octanol–water partition coefficient (Wildman–Crippen LogP) is 4.41. The van der Waals surface area contributed by atoms with Crippen molar-refractivity contribution in [3.8, 4) is 5.75 Å². The van der Waals surface area contributed by atoms with Crippen molar-refractivity contribution < 1.29 is 9.26 Å².